The number of hydrogen-bond acceptors (Lipinski definition) is 2. The van der Waals surface area contributed by atoms with Crippen LogP contribution in [0.1, 0.15) is 25.7 Å². The van der Waals surface area contributed by atoms with Gasteiger partial charge in [-0.3, -0.25) is 4.79 Å². The normalized spacial score (nSPS) is 32.4. The van der Waals surface area contributed by atoms with Crippen molar-refractivity contribution >= 4 is 5.91 Å². The van der Waals surface area contributed by atoms with E-state index in [4.69, 9.17) is 5.73 Å². The molecule has 2 rings (SSSR count). The minimum Gasteiger partial charge on any atom is -0.328 e. The maximum absolute atomic E-state index is 11.5. The summed E-state index contributed by atoms with van der Waals surface area (Å²) in [4.78, 5) is 11.5. The number of nitrogens with one attached hydrogen (secondary N) is 1. The average molecular weight is 192 g/mol. The van der Waals surface area contributed by atoms with Crippen molar-refractivity contribution in [2.75, 3.05) is 0 Å². The van der Waals surface area contributed by atoms with Crippen molar-refractivity contribution in [1.29, 1.82) is 0 Å². The first-order chi connectivity index (χ1) is 6.77. The molecule has 76 valence electrons. The number of fused-ring (bicyclic) bond motifs is 1. The second-order valence-corrected chi connectivity index (χ2v) is 4.01. The van der Waals surface area contributed by atoms with E-state index in [1.165, 1.54) is 0 Å². The van der Waals surface area contributed by atoms with Gasteiger partial charge in [0.2, 0.25) is 5.91 Å². The van der Waals surface area contributed by atoms with Crippen LogP contribution >= 0.6 is 0 Å². The van der Waals surface area contributed by atoms with Gasteiger partial charge in [-0.05, 0) is 25.3 Å². The Hall–Kier alpha value is -1.09. The van der Waals surface area contributed by atoms with Gasteiger partial charge >= 0.3 is 0 Å². The van der Waals surface area contributed by atoms with Crippen LogP contribution in [-0.2, 0) is 4.79 Å². The predicted molar refractivity (Wildman–Crippen MR) is 55.3 cm³/mol. The van der Waals surface area contributed by atoms with Crippen molar-refractivity contribution < 1.29 is 4.79 Å². The first kappa shape index (κ1) is 9.46. The summed E-state index contributed by atoms with van der Waals surface area (Å²) in [5.41, 5.74) is 6.76. The van der Waals surface area contributed by atoms with Gasteiger partial charge in [-0.25, -0.2) is 0 Å². The van der Waals surface area contributed by atoms with Crippen LogP contribution < -0.4 is 11.1 Å². The minimum atomic E-state index is -0.331. The fourth-order valence-electron chi connectivity index (χ4n) is 2.04. The Bertz CT molecular complexity index is 294. The lowest BCUT2D eigenvalue weighted by atomic mass is 9.89. The summed E-state index contributed by atoms with van der Waals surface area (Å²) in [6.07, 6.45) is 10.2. The maximum Gasteiger partial charge on any atom is 0.241 e. The highest BCUT2D eigenvalue weighted by molar-refractivity contribution is 5.83. The van der Waals surface area contributed by atoms with Crippen LogP contribution in [0.5, 0.6) is 0 Å². The molecular formula is C11H16N2O. The molecule has 2 aliphatic rings. The molecule has 0 spiro atoms. The number of rotatable bonds is 0. The van der Waals surface area contributed by atoms with Crippen molar-refractivity contribution in [3.8, 4) is 0 Å². The summed E-state index contributed by atoms with van der Waals surface area (Å²) in [6.45, 7) is 0. The lowest BCUT2D eigenvalue weighted by Crippen LogP contribution is -2.43. The van der Waals surface area contributed by atoms with E-state index in [1.54, 1.807) is 0 Å². The highest BCUT2D eigenvalue weighted by Crippen LogP contribution is 2.25. The maximum atomic E-state index is 11.5. The molecule has 0 radical (unpaired) electrons. The summed E-state index contributed by atoms with van der Waals surface area (Å²) in [5.74, 6) is 0.465. The standard InChI is InChI=1S/C11H16N2O/c12-9-6-3-5-8-4-1-2-7-10(8)13-11(9)14/h1-2,7-9H,3-6,12H2,(H,13,14)/t8?,9-/m0/s1. The summed E-state index contributed by atoms with van der Waals surface area (Å²) < 4.78 is 0. The quantitative estimate of drug-likeness (QED) is 0.603. The summed E-state index contributed by atoms with van der Waals surface area (Å²) in [7, 11) is 0. The van der Waals surface area contributed by atoms with Crippen molar-refractivity contribution in [3.05, 3.63) is 23.9 Å². The van der Waals surface area contributed by atoms with Gasteiger partial charge in [-0.15, -0.1) is 0 Å². The molecule has 3 nitrogen and oxygen atoms in total. The van der Waals surface area contributed by atoms with Crippen molar-refractivity contribution in [2.24, 2.45) is 11.7 Å². The highest BCUT2D eigenvalue weighted by Gasteiger charge is 2.23. The van der Waals surface area contributed by atoms with Crippen molar-refractivity contribution in [3.63, 3.8) is 0 Å². The van der Waals surface area contributed by atoms with Gasteiger partial charge in [0.05, 0.1) is 6.04 Å². The average Bonchev–Trinajstić information content (AvgIpc) is 2.18. The third-order valence-electron chi connectivity index (χ3n) is 2.94. The first-order valence-electron chi connectivity index (χ1n) is 5.20. The van der Waals surface area contributed by atoms with E-state index in [0.29, 0.717) is 5.92 Å². The molecule has 1 aliphatic heterocycles. The van der Waals surface area contributed by atoms with Crippen LogP contribution in [0.4, 0.5) is 0 Å². The lowest BCUT2D eigenvalue weighted by molar-refractivity contribution is -0.122. The molecule has 3 N–H and O–H groups in total. The monoisotopic (exact) mass is 192 g/mol. The summed E-state index contributed by atoms with van der Waals surface area (Å²) >= 11 is 0. The molecular weight excluding hydrogens is 176 g/mol. The fraction of sp³-hybridized carbons (Fsp3) is 0.545. The van der Waals surface area contributed by atoms with E-state index in [1.807, 2.05) is 12.2 Å². The van der Waals surface area contributed by atoms with E-state index in [2.05, 4.69) is 11.4 Å². The number of carbonyl (C=O) groups excluding carboxylic acids is 1. The van der Waals surface area contributed by atoms with E-state index in [0.717, 1.165) is 31.4 Å². The zero-order chi connectivity index (χ0) is 9.97. The van der Waals surface area contributed by atoms with E-state index in [-0.39, 0.29) is 11.9 Å². The van der Waals surface area contributed by atoms with Gasteiger partial charge in [0, 0.05) is 11.6 Å². The molecule has 3 heteroatoms. The second kappa shape index (κ2) is 3.96. The smallest absolute Gasteiger partial charge is 0.241 e. The molecule has 0 aromatic rings. The van der Waals surface area contributed by atoms with E-state index < -0.39 is 0 Å². The zero-order valence-corrected chi connectivity index (χ0v) is 8.20. The molecule has 0 aromatic carbocycles. The molecule has 1 saturated heterocycles. The highest BCUT2D eigenvalue weighted by atomic mass is 16.2. The van der Waals surface area contributed by atoms with Gasteiger partial charge in [0.1, 0.15) is 0 Å². The Balaban J connectivity index is 2.14. The van der Waals surface area contributed by atoms with Crippen molar-refractivity contribution in [2.45, 2.75) is 31.7 Å². The Morgan fingerprint density at radius 2 is 2.29 bits per heavy atom. The molecule has 14 heavy (non-hydrogen) atoms. The number of nitrogens with two attached hydrogens (primary N) is 1. The second-order valence-electron chi connectivity index (χ2n) is 4.01. The molecule has 0 saturated carbocycles. The van der Waals surface area contributed by atoms with Gasteiger partial charge in [-0.1, -0.05) is 18.6 Å². The van der Waals surface area contributed by atoms with Crippen LogP contribution in [-0.4, -0.2) is 11.9 Å². The first-order valence-corrected chi connectivity index (χ1v) is 5.20. The van der Waals surface area contributed by atoms with Gasteiger partial charge < -0.3 is 11.1 Å². The third kappa shape index (κ3) is 1.87. The molecule has 1 unspecified atom stereocenters. The summed E-state index contributed by atoms with van der Waals surface area (Å²) in [6, 6.07) is -0.331. The van der Waals surface area contributed by atoms with Crippen LogP contribution in [0, 0.1) is 5.92 Å². The number of amides is 1. The Kier molecular flexibility index (Phi) is 2.68. The topological polar surface area (TPSA) is 55.1 Å². The van der Waals surface area contributed by atoms with Gasteiger partial charge in [0.25, 0.3) is 0 Å². The lowest BCUT2D eigenvalue weighted by Gasteiger charge is -2.26. The third-order valence-corrected chi connectivity index (χ3v) is 2.94. The SMILES string of the molecule is N[C@H]1CCCC2CC=CC=C2NC1=O. The van der Waals surface area contributed by atoms with Crippen molar-refractivity contribution in [1.82, 2.24) is 5.32 Å². The molecule has 1 amide bonds. The largest absolute Gasteiger partial charge is 0.328 e. The summed E-state index contributed by atoms with van der Waals surface area (Å²) in [5, 5.41) is 2.92. The predicted octanol–water partition coefficient (Wildman–Crippen LogP) is 1.07. The molecule has 0 aromatic heterocycles. The number of carbonyl (C=O) groups is 1. The van der Waals surface area contributed by atoms with E-state index in [9.17, 15) is 4.79 Å². The van der Waals surface area contributed by atoms with Crippen LogP contribution in [0.15, 0.2) is 23.9 Å². The van der Waals surface area contributed by atoms with Crippen LogP contribution in [0.25, 0.3) is 0 Å². The van der Waals surface area contributed by atoms with Gasteiger partial charge in [-0.2, -0.15) is 0 Å². The molecule has 1 heterocycles. The molecule has 2 atom stereocenters. The van der Waals surface area contributed by atoms with Crippen LogP contribution in [0.3, 0.4) is 0 Å². The number of allylic oxidation sites excluding steroid dienone is 4. The Morgan fingerprint density at radius 3 is 3.14 bits per heavy atom. The molecule has 0 bridgehead atoms. The Morgan fingerprint density at radius 1 is 1.43 bits per heavy atom. The molecule has 1 aliphatic carbocycles. The van der Waals surface area contributed by atoms with Crippen LogP contribution in [0.2, 0.25) is 0 Å². The molecule has 1 fully saturated rings. The Labute approximate surface area is 84.0 Å². The zero-order valence-electron chi connectivity index (χ0n) is 8.20. The fourth-order valence-corrected chi connectivity index (χ4v) is 2.04. The minimum absolute atomic E-state index is 0.0312. The van der Waals surface area contributed by atoms with Gasteiger partial charge in [0.15, 0.2) is 0 Å². The van der Waals surface area contributed by atoms with E-state index >= 15 is 0 Å². The number of hydrogen-bond donors (Lipinski definition) is 2.